The number of thioether (sulfide) groups is 1. The van der Waals surface area contributed by atoms with Gasteiger partial charge in [-0.2, -0.15) is 0 Å². The van der Waals surface area contributed by atoms with E-state index in [9.17, 15) is 4.79 Å². The van der Waals surface area contributed by atoms with Crippen LogP contribution in [-0.4, -0.2) is 34.9 Å². The fourth-order valence-corrected chi connectivity index (χ4v) is 3.67. The Morgan fingerprint density at radius 1 is 1.40 bits per heavy atom. The van der Waals surface area contributed by atoms with E-state index in [0.717, 1.165) is 16.7 Å². The van der Waals surface area contributed by atoms with E-state index in [4.69, 9.17) is 5.11 Å². The average molecular weight is 294 g/mol. The molecule has 1 saturated carbocycles. The Morgan fingerprint density at radius 2 is 2.20 bits per heavy atom. The van der Waals surface area contributed by atoms with Crippen molar-refractivity contribution in [2.45, 2.75) is 37.1 Å². The molecular formula is C15H22N2O2S. The van der Waals surface area contributed by atoms with Gasteiger partial charge in [0.25, 0.3) is 5.91 Å². The van der Waals surface area contributed by atoms with Crippen LogP contribution in [0.15, 0.2) is 23.4 Å². The van der Waals surface area contributed by atoms with Gasteiger partial charge in [0.15, 0.2) is 0 Å². The molecule has 1 amide bonds. The SMILES string of the molecule is O=C(NCCO)c1cccnc1SCC1CCCCC1. The lowest BCUT2D eigenvalue weighted by Gasteiger charge is -2.21. The number of hydrogen-bond acceptors (Lipinski definition) is 4. The first-order valence-electron chi connectivity index (χ1n) is 7.28. The summed E-state index contributed by atoms with van der Waals surface area (Å²) in [4.78, 5) is 16.3. The van der Waals surface area contributed by atoms with Gasteiger partial charge in [-0.05, 0) is 30.9 Å². The smallest absolute Gasteiger partial charge is 0.254 e. The predicted octanol–water partition coefficient (Wildman–Crippen LogP) is 2.48. The number of amides is 1. The zero-order chi connectivity index (χ0) is 14.2. The second-order valence-corrected chi connectivity index (χ2v) is 6.16. The summed E-state index contributed by atoms with van der Waals surface area (Å²) in [5.74, 6) is 1.64. The predicted molar refractivity (Wildman–Crippen MR) is 81.0 cm³/mol. The van der Waals surface area contributed by atoms with Crippen LogP contribution in [0.1, 0.15) is 42.5 Å². The highest BCUT2D eigenvalue weighted by Gasteiger charge is 2.17. The fourth-order valence-electron chi connectivity index (χ4n) is 2.49. The van der Waals surface area contributed by atoms with Gasteiger partial charge in [-0.25, -0.2) is 4.98 Å². The minimum absolute atomic E-state index is 0.0451. The number of aliphatic hydroxyl groups excluding tert-OH is 1. The van der Waals surface area contributed by atoms with Crippen molar-refractivity contribution in [3.63, 3.8) is 0 Å². The highest BCUT2D eigenvalue weighted by atomic mass is 32.2. The van der Waals surface area contributed by atoms with Gasteiger partial charge in [0.2, 0.25) is 0 Å². The molecule has 2 N–H and O–H groups in total. The number of carbonyl (C=O) groups excluding carboxylic acids is 1. The maximum Gasteiger partial charge on any atom is 0.254 e. The molecule has 4 nitrogen and oxygen atoms in total. The molecule has 0 aliphatic heterocycles. The molecule has 5 heteroatoms. The molecule has 1 fully saturated rings. The highest BCUT2D eigenvalue weighted by Crippen LogP contribution is 2.30. The van der Waals surface area contributed by atoms with Crippen molar-refractivity contribution < 1.29 is 9.90 Å². The minimum Gasteiger partial charge on any atom is -0.395 e. The van der Waals surface area contributed by atoms with E-state index in [0.29, 0.717) is 5.56 Å². The number of pyridine rings is 1. The second kappa shape index (κ2) is 8.27. The Hall–Kier alpha value is -1.07. The van der Waals surface area contributed by atoms with Crippen LogP contribution in [0, 0.1) is 5.92 Å². The molecule has 0 unspecified atom stereocenters. The lowest BCUT2D eigenvalue weighted by Crippen LogP contribution is -2.27. The summed E-state index contributed by atoms with van der Waals surface area (Å²) in [5.41, 5.74) is 0.613. The van der Waals surface area contributed by atoms with E-state index in [2.05, 4.69) is 10.3 Å². The number of rotatable bonds is 6. The summed E-state index contributed by atoms with van der Waals surface area (Å²) >= 11 is 1.68. The zero-order valence-corrected chi connectivity index (χ0v) is 12.5. The topological polar surface area (TPSA) is 62.2 Å². The van der Waals surface area contributed by atoms with Gasteiger partial charge in [-0.15, -0.1) is 11.8 Å². The van der Waals surface area contributed by atoms with Crippen molar-refractivity contribution in [1.82, 2.24) is 10.3 Å². The maximum absolute atomic E-state index is 12.0. The average Bonchev–Trinajstić information content (AvgIpc) is 2.52. The molecule has 0 saturated heterocycles. The summed E-state index contributed by atoms with van der Waals surface area (Å²) in [6, 6.07) is 3.57. The zero-order valence-electron chi connectivity index (χ0n) is 11.7. The Kier molecular flexibility index (Phi) is 6.33. The Bertz CT molecular complexity index is 434. The first-order chi connectivity index (χ1) is 9.81. The van der Waals surface area contributed by atoms with E-state index in [1.165, 1.54) is 32.1 Å². The lowest BCUT2D eigenvalue weighted by atomic mass is 9.91. The molecule has 1 aliphatic rings. The van der Waals surface area contributed by atoms with Crippen LogP contribution >= 0.6 is 11.8 Å². The van der Waals surface area contributed by atoms with Crippen LogP contribution in [-0.2, 0) is 0 Å². The number of aromatic nitrogens is 1. The Labute approximate surface area is 124 Å². The van der Waals surface area contributed by atoms with Gasteiger partial charge in [0.1, 0.15) is 5.03 Å². The van der Waals surface area contributed by atoms with Crippen LogP contribution < -0.4 is 5.32 Å². The minimum atomic E-state index is -0.154. The normalized spacial score (nSPS) is 16.1. The van der Waals surface area contributed by atoms with E-state index in [1.54, 1.807) is 30.1 Å². The summed E-state index contributed by atoms with van der Waals surface area (Å²) in [6.45, 7) is 0.233. The van der Waals surface area contributed by atoms with Crippen molar-refractivity contribution in [3.8, 4) is 0 Å². The first-order valence-corrected chi connectivity index (χ1v) is 8.26. The van der Waals surface area contributed by atoms with E-state index in [1.807, 2.05) is 0 Å². The monoisotopic (exact) mass is 294 g/mol. The second-order valence-electron chi connectivity index (χ2n) is 5.15. The van der Waals surface area contributed by atoms with E-state index >= 15 is 0 Å². The van der Waals surface area contributed by atoms with Gasteiger partial charge >= 0.3 is 0 Å². The summed E-state index contributed by atoms with van der Waals surface area (Å²) in [6.07, 6.45) is 8.35. The van der Waals surface area contributed by atoms with Gasteiger partial charge in [-0.1, -0.05) is 19.3 Å². The van der Waals surface area contributed by atoms with Crippen molar-refractivity contribution >= 4 is 17.7 Å². The molecule has 110 valence electrons. The molecule has 20 heavy (non-hydrogen) atoms. The standard InChI is InChI=1S/C15H22N2O2S/c18-10-9-16-14(19)13-7-4-8-17-15(13)20-11-12-5-2-1-3-6-12/h4,7-8,12,18H,1-3,5-6,9-11H2,(H,16,19). The molecular weight excluding hydrogens is 272 g/mol. The summed E-state index contributed by atoms with van der Waals surface area (Å²) in [7, 11) is 0. The first kappa shape index (κ1) is 15.3. The van der Waals surface area contributed by atoms with Crippen LogP contribution in [0.2, 0.25) is 0 Å². The molecule has 0 bridgehead atoms. The molecule has 1 aromatic rings. The third kappa shape index (κ3) is 4.49. The van der Waals surface area contributed by atoms with Crippen LogP contribution in [0.4, 0.5) is 0 Å². The number of nitrogens with zero attached hydrogens (tertiary/aromatic N) is 1. The van der Waals surface area contributed by atoms with Crippen LogP contribution in [0.3, 0.4) is 0 Å². The number of nitrogens with one attached hydrogen (secondary N) is 1. The number of aliphatic hydroxyl groups is 1. The molecule has 1 aromatic heterocycles. The van der Waals surface area contributed by atoms with Crippen molar-refractivity contribution in [2.75, 3.05) is 18.9 Å². The van der Waals surface area contributed by atoms with Crippen LogP contribution in [0.5, 0.6) is 0 Å². The molecule has 2 rings (SSSR count). The molecule has 0 spiro atoms. The molecule has 1 heterocycles. The summed E-state index contributed by atoms with van der Waals surface area (Å²) < 4.78 is 0. The van der Waals surface area contributed by atoms with Gasteiger partial charge in [-0.3, -0.25) is 4.79 Å². The molecule has 1 aliphatic carbocycles. The summed E-state index contributed by atoms with van der Waals surface area (Å²) in [5, 5.41) is 12.3. The Balaban J connectivity index is 1.94. The molecule has 0 radical (unpaired) electrons. The quantitative estimate of drug-likeness (QED) is 0.791. The molecule has 0 atom stereocenters. The number of carbonyl (C=O) groups is 1. The van der Waals surface area contributed by atoms with Gasteiger partial charge in [0.05, 0.1) is 12.2 Å². The highest BCUT2D eigenvalue weighted by molar-refractivity contribution is 7.99. The largest absolute Gasteiger partial charge is 0.395 e. The van der Waals surface area contributed by atoms with E-state index in [-0.39, 0.29) is 19.1 Å². The third-order valence-electron chi connectivity index (χ3n) is 3.59. The third-order valence-corrected chi connectivity index (χ3v) is 4.83. The Morgan fingerprint density at radius 3 is 2.95 bits per heavy atom. The van der Waals surface area contributed by atoms with Crippen molar-refractivity contribution in [1.29, 1.82) is 0 Å². The molecule has 0 aromatic carbocycles. The number of hydrogen-bond donors (Lipinski definition) is 2. The lowest BCUT2D eigenvalue weighted by molar-refractivity contribution is 0.0941. The maximum atomic E-state index is 12.0. The van der Waals surface area contributed by atoms with E-state index < -0.39 is 0 Å². The fraction of sp³-hybridized carbons (Fsp3) is 0.600. The van der Waals surface area contributed by atoms with Gasteiger partial charge in [0, 0.05) is 18.5 Å². The van der Waals surface area contributed by atoms with Crippen molar-refractivity contribution in [3.05, 3.63) is 23.9 Å². The van der Waals surface area contributed by atoms with Crippen LogP contribution in [0.25, 0.3) is 0 Å². The van der Waals surface area contributed by atoms with Gasteiger partial charge < -0.3 is 10.4 Å². The van der Waals surface area contributed by atoms with Crippen molar-refractivity contribution in [2.24, 2.45) is 5.92 Å².